The van der Waals surface area contributed by atoms with Crippen LogP contribution in [0, 0.1) is 6.92 Å². The molecule has 5 heteroatoms. The number of H-pyrrole nitrogens is 1. The number of methoxy groups -OCH3 is 1. The lowest BCUT2D eigenvalue weighted by molar-refractivity contribution is 0.102. The summed E-state index contributed by atoms with van der Waals surface area (Å²) in [5.41, 5.74) is 9.04. The fraction of sp³-hybridized carbons (Fsp3) is 0.447. The smallest absolute Gasteiger partial charge is 0.255 e. The molecule has 2 aromatic carbocycles. The minimum Gasteiger partial charge on any atom is -0.497 e. The number of nitrogens with one attached hydrogen (secondary N) is 3. The zero-order chi connectivity index (χ0) is 31.8. The quantitative estimate of drug-likeness (QED) is 0.123. The Morgan fingerprint density at radius 2 is 1.58 bits per heavy atom. The Balaban J connectivity index is 0.00000316. The number of unbranched alkanes of at least 4 members (excludes halogenated alkanes) is 2. The van der Waals surface area contributed by atoms with Crippen LogP contribution in [0.1, 0.15) is 126 Å². The summed E-state index contributed by atoms with van der Waals surface area (Å²) in [7, 11) is 1.67. The number of carbonyl (C=O) groups excluding carboxylic acids is 1. The summed E-state index contributed by atoms with van der Waals surface area (Å²) in [6.45, 7) is 16.8. The van der Waals surface area contributed by atoms with Crippen LogP contribution in [0.5, 0.6) is 5.75 Å². The van der Waals surface area contributed by atoms with Crippen LogP contribution in [0.25, 0.3) is 6.08 Å². The summed E-state index contributed by atoms with van der Waals surface area (Å²) in [4.78, 5) is 16.9. The first-order chi connectivity index (χ1) is 20.8. The van der Waals surface area contributed by atoms with Gasteiger partial charge in [0.25, 0.3) is 5.91 Å². The molecule has 0 saturated heterocycles. The van der Waals surface area contributed by atoms with Crippen molar-refractivity contribution in [2.24, 2.45) is 0 Å². The summed E-state index contributed by atoms with van der Waals surface area (Å²) < 4.78 is 5.28. The van der Waals surface area contributed by atoms with Crippen molar-refractivity contribution in [2.75, 3.05) is 17.7 Å². The zero-order valence-electron chi connectivity index (χ0n) is 28.1. The second-order valence-corrected chi connectivity index (χ2v) is 11.0. The molecule has 0 aliphatic heterocycles. The van der Waals surface area contributed by atoms with Crippen LogP contribution in [-0.4, -0.2) is 18.0 Å². The fourth-order valence-corrected chi connectivity index (χ4v) is 5.21. The summed E-state index contributed by atoms with van der Waals surface area (Å²) >= 11 is 0. The van der Waals surface area contributed by atoms with Gasteiger partial charge in [0, 0.05) is 33.9 Å². The van der Waals surface area contributed by atoms with Crippen molar-refractivity contribution >= 4 is 23.4 Å². The van der Waals surface area contributed by atoms with E-state index < -0.39 is 0 Å². The molecule has 0 saturated carbocycles. The van der Waals surface area contributed by atoms with Gasteiger partial charge in [-0.05, 0) is 100 Å². The first-order valence-electron chi connectivity index (χ1n) is 16.2. The van der Waals surface area contributed by atoms with E-state index in [1.807, 2.05) is 50.2 Å². The van der Waals surface area contributed by atoms with Gasteiger partial charge in [0.15, 0.2) is 0 Å². The monoisotopic (exact) mass is 585 g/mol. The highest BCUT2D eigenvalue weighted by Crippen LogP contribution is 2.30. The standard InChI is InChI=1S/C36H49N3O2.C2H6/c1-8-11-12-14-27(13-9-2)28-15-17-29(18-16-28)36(40)39-35-32(26(6)37-33(35)10-3)23-24-34(25(4)5)38-30-19-21-31(41-7)22-20-30;1-2/h15-24,27,37-38H,8-14H2,1-7H3,(H,39,40);1-2H3/b24-23-;. The van der Waals surface area contributed by atoms with Gasteiger partial charge in [-0.2, -0.15) is 0 Å². The number of aryl methyl sites for hydroxylation is 2. The Kier molecular flexibility index (Phi) is 15.5. The highest BCUT2D eigenvalue weighted by Gasteiger charge is 2.17. The van der Waals surface area contributed by atoms with Crippen LogP contribution >= 0.6 is 0 Å². The number of allylic oxidation sites excluding steroid dienone is 2. The van der Waals surface area contributed by atoms with E-state index in [2.05, 4.69) is 81.4 Å². The van der Waals surface area contributed by atoms with Crippen LogP contribution < -0.4 is 15.4 Å². The third-order valence-corrected chi connectivity index (χ3v) is 7.67. The first-order valence-corrected chi connectivity index (χ1v) is 16.2. The first kappa shape index (κ1) is 35.5. The third kappa shape index (κ3) is 10.5. The average molecular weight is 586 g/mol. The van der Waals surface area contributed by atoms with E-state index >= 15 is 0 Å². The fourth-order valence-electron chi connectivity index (χ4n) is 5.21. The minimum atomic E-state index is -0.0864. The molecule has 0 spiro atoms. The van der Waals surface area contributed by atoms with Gasteiger partial charge in [-0.15, -0.1) is 0 Å². The maximum absolute atomic E-state index is 13.4. The predicted octanol–water partition coefficient (Wildman–Crippen LogP) is 11.1. The molecule has 0 bridgehead atoms. The molecule has 1 heterocycles. The molecule has 234 valence electrons. The lowest BCUT2D eigenvalue weighted by atomic mass is 9.89. The molecule has 0 fully saturated rings. The Morgan fingerprint density at radius 3 is 2.14 bits per heavy atom. The van der Waals surface area contributed by atoms with Crippen molar-refractivity contribution in [3.63, 3.8) is 0 Å². The van der Waals surface area contributed by atoms with Gasteiger partial charge in [-0.25, -0.2) is 0 Å². The number of rotatable bonds is 15. The van der Waals surface area contributed by atoms with Crippen molar-refractivity contribution in [3.8, 4) is 5.75 Å². The lowest BCUT2D eigenvalue weighted by Gasteiger charge is -2.17. The molecule has 1 atom stereocenters. The van der Waals surface area contributed by atoms with Gasteiger partial charge < -0.3 is 20.4 Å². The molecule has 1 aromatic heterocycles. The summed E-state index contributed by atoms with van der Waals surface area (Å²) in [6.07, 6.45) is 12.3. The maximum Gasteiger partial charge on any atom is 0.255 e. The molecule has 0 aliphatic rings. The van der Waals surface area contributed by atoms with E-state index in [1.54, 1.807) is 7.11 Å². The molecule has 3 aromatic rings. The number of hydrogen-bond acceptors (Lipinski definition) is 3. The summed E-state index contributed by atoms with van der Waals surface area (Å²) in [5.74, 6) is 1.30. The van der Waals surface area contributed by atoms with E-state index in [1.165, 1.54) is 44.1 Å². The number of anilines is 2. The van der Waals surface area contributed by atoms with E-state index in [0.29, 0.717) is 11.5 Å². The summed E-state index contributed by atoms with van der Waals surface area (Å²) in [5, 5.41) is 6.73. The second kappa shape index (κ2) is 18.7. The van der Waals surface area contributed by atoms with Crippen LogP contribution in [0.2, 0.25) is 0 Å². The van der Waals surface area contributed by atoms with Gasteiger partial charge in [0.1, 0.15) is 5.75 Å². The molecular formula is C38H55N3O2. The molecular weight excluding hydrogens is 530 g/mol. The van der Waals surface area contributed by atoms with Gasteiger partial charge in [0.05, 0.1) is 12.8 Å². The Morgan fingerprint density at radius 1 is 0.907 bits per heavy atom. The highest BCUT2D eigenvalue weighted by molar-refractivity contribution is 6.06. The van der Waals surface area contributed by atoms with Crippen molar-refractivity contribution < 1.29 is 9.53 Å². The number of hydrogen-bond donors (Lipinski definition) is 3. The van der Waals surface area contributed by atoms with E-state index in [0.717, 1.165) is 51.8 Å². The maximum atomic E-state index is 13.4. The molecule has 0 aliphatic carbocycles. The number of aromatic nitrogens is 1. The SMILES string of the molecule is CC.CCCCCC(CCC)c1ccc(C(=O)Nc2c(CC)[nH]c(C)c2/C=C\C(Nc2ccc(OC)cc2)=C(C)C)cc1. The topological polar surface area (TPSA) is 66.2 Å². The highest BCUT2D eigenvalue weighted by atomic mass is 16.5. The van der Waals surface area contributed by atoms with Gasteiger partial charge in [0.2, 0.25) is 0 Å². The molecule has 3 rings (SSSR count). The number of carbonyl (C=O) groups is 1. The normalized spacial score (nSPS) is 11.5. The molecule has 0 radical (unpaired) electrons. The number of ether oxygens (including phenoxy) is 1. The predicted molar refractivity (Wildman–Crippen MR) is 186 cm³/mol. The third-order valence-electron chi connectivity index (χ3n) is 7.67. The van der Waals surface area contributed by atoms with Gasteiger partial charge in [-0.3, -0.25) is 4.79 Å². The molecule has 1 amide bonds. The van der Waals surface area contributed by atoms with Crippen LogP contribution in [0.3, 0.4) is 0 Å². The van der Waals surface area contributed by atoms with Crippen LogP contribution in [0.15, 0.2) is 65.9 Å². The van der Waals surface area contributed by atoms with Gasteiger partial charge >= 0.3 is 0 Å². The summed E-state index contributed by atoms with van der Waals surface area (Å²) in [6, 6.07) is 16.1. The molecule has 3 N–H and O–H groups in total. The van der Waals surface area contributed by atoms with E-state index in [9.17, 15) is 4.79 Å². The van der Waals surface area contributed by atoms with Crippen molar-refractivity contribution in [3.05, 3.63) is 94.0 Å². The Bertz CT molecular complexity index is 1310. The minimum absolute atomic E-state index is 0.0864. The zero-order valence-corrected chi connectivity index (χ0v) is 28.1. The van der Waals surface area contributed by atoms with Crippen molar-refractivity contribution in [1.82, 2.24) is 4.98 Å². The van der Waals surface area contributed by atoms with Crippen LogP contribution in [-0.2, 0) is 6.42 Å². The van der Waals surface area contributed by atoms with E-state index in [4.69, 9.17) is 4.74 Å². The lowest BCUT2D eigenvalue weighted by Crippen LogP contribution is -2.13. The second-order valence-electron chi connectivity index (χ2n) is 11.0. The van der Waals surface area contributed by atoms with Crippen molar-refractivity contribution in [1.29, 1.82) is 0 Å². The number of benzene rings is 2. The van der Waals surface area contributed by atoms with Gasteiger partial charge in [-0.1, -0.05) is 78.0 Å². The number of aromatic amines is 1. The van der Waals surface area contributed by atoms with E-state index in [-0.39, 0.29) is 5.91 Å². The Hall–Kier alpha value is -3.73. The average Bonchev–Trinajstić information content (AvgIpc) is 3.33. The molecule has 43 heavy (non-hydrogen) atoms. The van der Waals surface area contributed by atoms with Crippen molar-refractivity contribution in [2.45, 2.75) is 106 Å². The number of amides is 1. The van der Waals surface area contributed by atoms with Crippen LogP contribution in [0.4, 0.5) is 11.4 Å². The largest absolute Gasteiger partial charge is 0.497 e. The Labute approximate surface area is 261 Å². The molecule has 5 nitrogen and oxygen atoms in total. The molecule has 1 unspecified atom stereocenters.